The molecule has 1 aliphatic rings. The fraction of sp³-hybridized carbons (Fsp3) is 0.263. The van der Waals surface area contributed by atoms with E-state index in [2.05, 4.69) is 11.0 Å². The molecule has 0 atom stereocenters. The van der Waals surface area contributed by atoms with Crippen molar-refractivity contribution in [2.45, 2.75) is 0 Å². The number of thiazole rings is 1. The molecular formula is C19H19N3O2S. The second-order valence-electron chi connectivity index (χ2n) is 5.95. The minimum atomic E-state index is 0.103. The largest absolute Gasteiger partial charge is 0.494 e. The van der Waals surface area contributed by atoms with Crippen LogP contribution in [0.4, 0.5) is 5.13 Å². The molecule has 2 heterocycles. The van der Waals surface area contributed by atoms with Gasteiger partial charge >= 0.3 is 0 Å². The van der Waals surface area contributed by atoms with Crippen molar-refractivity contribution < 1.29 is 9.53 Å². The Bertz CT molecular complexity index is 886. The van der Waals surface area contributed by atoms with E-state index in [-0.39, 0.29) is 5.91 Å². The number of hydrogen-bond donors (Lipinski definition) is 0. The molecule has 0 saturated carbocycles. The summed E-state index contributed by atoms with van der Waals surface area (Å²) in [6, 6.07) is 15.4. The quantitative estimate of drug-likeness (QED) is 0.725. The van der Waals surface area contributed by atoms with Gasteiger partial charge < -0.3 is 14.5 Å². The van der Waals surface area contributed by atoms with E-state index < -0.39 is 0 Å². The Morgan fingerprint density at radius 1 is 1.04 bits per heavy atom. The molecule has 2 aromatic carbocycles. The van der Waals surface area contributed by atoms with Crippen molar-refractivity contribution in [1.82, 2.24) is 9.88 Å². The predicted molar refractivity (Wildman–Crippen MR) is 101 cm³/mol. The second-order valence-corrected chi connectivity index (χ2v) is 6.96. The number of nitrogens with zero attached hydrogens (tertiary/aromatic N) is 3. The molecule has 0 bridgehead atoms. The van der Waals surface area contributed by atoms with Crippen molar-refractivity contribution >= 4 is 32.6 Å². The Kier molecular flexibility index (Phi) is 4.28. The van der Waals surface area contributed by atoms with Gasteiger partial charge in [0.05, 0.1) is 11.8 Å². The van der Waals surface area contributed by atoms with Gasteiger partial charge in [0, 0.05) is 31.7 Å². The van der Waals surface area contributed by atoms with Crippen LogP contribution in [0, 0.1) is 0 Å². The van der Waals surface area contributed by atoms with Gasteiger partial charge in [-0.15, -0.1) is 0 Å². The molecule has 4 rings (SSSR count). The van der Waals surface area contributed by atoms with Crippen LogP contribution in [0.25, 0.3) is 10.2 Å². The topological polar surface area (TPSA) is 45.7 Å². The molecule has 1 aromatic heterocycles. The zero-order valence-electron chi connectivity index (χ0n) is 14.0. The summed E-state index contributed by atoms with van der Waals surface area (Å²) in [7, 11) is 1.67. The lowest BCUT2D eigenvalue weighted by Gasteiger charge is -2.34. The van der Waals surface area contributed by atoms with E-state index in [0.29, 0.717) is 13.1 Å². The molecule has 0 spiro atoms. The molecule has 1 saturated heterocycles. The number of rotatable bonds is 3. The number of aromatic nitrogens is 1. The van der Waals surface area contributed by atoms with Crippen LogP contribution in [-0.2, 0) is 0 Å². The molecule has 0 unspecified atom stereocenters. The van der Waals surface area contributed by atoms with Crippen LogP contribution >= 0.6 is 11.3 Å². The van der Waals surface area contributed by atoms with E-state index in [1.165, 1.54) is 0 Å². The number of benzene rings is 2. The Balaban J connectivity index is 1.48. The van der Waals surface area contributed by atoms with Gasteiger partial charge in [0.15, 0.2) is 5.13 Å². The van der Waals surface area contributed by atoms with Crippen LogP contribution in [0.2, 0.25) is 0 Å². The summed E-state index contributed by atoms with van der Waals surface area (Å²) in [5.74, 6) is 0.907. The van der Waals surface area contributed by atoms with Crippen LogP contribution in [0.3, 0.4) is 0 Å². The monoisotopic (exact) mass is 353 g/mol. The number of carbonyl (C=O) groups excluding carboxylic acids is 1. The highest BCUT2D eigenvalue weighted by Gasteiger charge is 2.24. The van der Waals surface area contributed by atoms with E-state index in [0.717, 1.165) is 39.8 Å². The van der Waals surface area contributed by atoms with Gasteiger partial charge in [0.1, 0.15) is 11.3 Å². The zero-order valence-corrected chi connectivity index (χ0v) is 14.8. The number of para-hydroxylation sites is 1. The summed E-state index contributed by atoms with van der Waals surface area (Å²) in [5, 5.41) is 0.992. The lowest BCUT2D eigenvalue weighted by Crippen LogP contribution is -2.48. The number of piperazine rings is 1. The summed E-state index contributed by atoms with van der Waals surface area (Å²) in [5.41, 5.74) is 1.66. The number of fused-ring (bicyclic) bond motifs is 1. The number of anilines is 1. The molecule has 6 heteroatoms. The van der Waals surface area contributed by atoms with E-state index in [1.54, 1.807) is 18.4 Å². The van der Waals surface area contributed by atoms with Gasteiger partial charge in [-0.3, -0.25) is 4.79 Å². The highest BCUT2D eigenvalue weighted by molar-refractivity contribution is 7.22. The second kappa shape index (κ2) is 6.72. The van der Waals surface area contributed by atoms with Gasteiger partial charge in [0.2, 0.25) is 0 Å². The number of ether oxygens (including phenoxy) is 1. The smallest absolute Gasteiger partial charge is 0.253 e. The van der Waals surface area contributed by atoms with E-state index >= 15 is 0 Å². The van der Waals surface area contributed by atoms with Crippen LogP contribution < -0.4 is 9.64 Å². The molecule has 25 heavy (non-hydrogen) atoms. The van der Waals surface area contributed by atoms with Gasteiger partial charge in [0.25, 0.3) is 5.91 Å². The molecule has 3 aromatic rings. The van der Waals surface area contributed by atoms with Crippen LogP contribution in [0.15, 0.2) is 48.5 Å². The molecular weight excluding hydrogens is 334 g/mol. The summed E-state index contributed by atoms with van der Waals surface area (Å²) < 4.78 is 6.52. The highest BCUT2D eigenvalue weighted by atomic mass is 32.1. The van der Waals surface area contributed by atoms with Gasteiger partial charge in [-0.25, -0.2) is 4.98 Å². The Labute approximate surface area is 150 Å². The van der Waals surface area contributed by atoms with Crippen LogP contribution in [0.1, 0.15) is 10.4 Å². The average Bonchev–Trinajstić information content (AvgIpc) is 3.12. The van der Waals surface area contributed by atoms with Gasteiger partial charge in [-0.2, -0.15) is 0 Å². The lowest BCUT2D eigenvalue weighted by molar-refractivity contribution is 0.0747. The van der Waals surface area contributed by atoms with Crippen LogP contribution in [-0.4, -0.2) is 49.1 Å². The molecule has 1 amide bonds. The number of hydrogen-bond acceptors (Lipinski definition) is 5. The first kappa shape index (κ1) is 15.9. The molecule has 1 fully saturated rings. The predicted octanol–water partition coefficient (Wildman–Crippen LogP) is 3.27. The summed E-state index contributed by atoms with van der Waals surface area (Å²) in [6.45, 7) is 3.00. The maximum Gasteiger partial charge on any atom is 0.253 e. The Morgan fingerprint density at radius 2 is 1.80 bits per heavy atom. The SMILES string of the molecule is COc1cccc2sc(N3CCN(C(=O)c4ccccc4)CC3)nc12. The van der Waals surface area contributed by atoms with Crippen LogP contribution in [0.5, 0.6) is 5.75 Å². The first-order chi connectivity index (χ1) is 12.3. The van der Waals surface area contributed by atoms with E-state index in [4.69, 9.17) is 9.72 Å². The van der Waals surface area contributed by atoms with Gasteiger partial charge in [-0.05, 0) is 24.3 Å². The Morgan fingerprint density at radius 3 is 2.52 bits per heavy atom. The van der Waals surface area contributed by atoms with Crippen molar-refractivity contribution in [3.63, 3.8) is 0 Å². The average molecular weight is 353 g/mol. The molecule has 0 radical (unpaired) electrons. The Hall–Kier alpha value is -2.60. The van der Waals surface area contributed by atoms with Crippen molar-refractivity contribution in [2.24, 2.45) is 0 Å². The molecule has 0 aliphatic carbocycles. The van der Waals surface area contributed by atoms with Crippen molar-refractivity contribution in [1.29, 1.82) is 0 Å². The number of carbonyl (C=O) groups is 1. The first-order valence-electron chi connectivity index (χ1n) is 8.29. The van der Waals surface area contributed by atoms with Crippen molar-refractivity contribution in [3.8, 4) is 5.75 Å². The van der Waals surface area contributed by atoms with E-state index in [1.807, 2.05) is 47.4 Å². The van der Waals surface area contributed by atoms with Gasteiger partial charge in [-0.1, -0.05) is 35.6 Å². The zero-order chi connectivity index (χ0) is 17.2. The van der Waals surface area contributed by atoms with Crippen molar-refractivity contribution in [3.05, 3.63) is 54.1 Å². The standard InChI is InChI=1S/C19H19N3O2S/c1-24-15-8-5-9-16-17(15)20-19(25-16)22-12-10-21(11-13-22)18(23)14-6-3-2-4-7-14/h2-9H,10-13H2,1H3. The number of methoxy groups -OCH3 is 1. The molecule has 128 valence electrons. The highest BCUT2D eigenvalue weighted by Crippen LogP contribution is 2.34. The summed E-state index contributed by atoms with van der Waals surface area (Å²) in [6.07, 6.45) is 0. The minimum Gasteiger partial charge on any atom is -0.494 e. The van der Waals surface area contributed by atoms with E-state index in [9.17, 15) is 4.79 Å². The molecule has 1 aliphatic heterocycles. The fourth-order valence-electron chi connectivity index (χ4n) is 3.08. The first-order valence-corrected chi connectivity index (χ1v) is 9.11. The summed E-state index contributed by atoms with van der Waals surface area (Å²) in [4.78, 5) is 21.5. The third-order valence-corrected chi connectivity index (χ3v) is 5.53. The maximum absolute atomic E-state index is 12.5. The number of amides is 1. The third-order valence-electron chi connectivity index (χ3n) is 4.45. The lowest BCUT2D eigenvalue weighted by atomic mass is 10.2. The minimum absolute atomic E-state index is 0.103. The fourth-order valence-corrected chi connectivity index (χ4v) is 4.11. The van der Waals surface area contributed by atoms with Crippen molar-refractivity contribution in [2.75, 3.05) is 38.2 Å². The maximum atomic E-state index is 12.5. The normalized spacial score (nSPS) is 14.8. The molecule has 5 nitrogen and oxygen atoms in total. The molecule has 0 N–H and O–H groups in total. The third kappa shape index (κ3) is 3.05. The summed E-state index contributed by atoms with van der Waals surface area (Å²) >= 11 is 1.67.